The first-order valence-electron chi connectivity index (χ1n) is 8.20. The second-order valence-corrected chi connectivity index (χ2v) is 6.23. The summed E-state index contributed by atoms with van der Waals surface area (Å²) >= 11 is 0. The Morgan fingerprint density at radius 1 is 1.12 bits per heavy atom. The van der Waals surface area contributed by atoms with Crippen LogP contribution in [0, 0.1) is 26.6 Å². The summed E-state index contributed by atoms with van der Waals surface area (Å²) in [6.07, 6.45) is 4.72. The van der Waals surface area contributed by atoms with Gasteiger partial charge in [0, 0.05) is 0 Å². The molecule has 0 bridgehead atoms. The number of halogens is 1. The Kier molecular flexibility index (Phi) is 4.71. The molecule has 0 saturated heterocycles. The molecule has 0 unspecified atom stereocenters. The van der Waals surface area contributed by atoms with Crippen LogP contribution < -0.4 is 0 Å². The molecule has 0 radical (unpaired) electrons. The van der Waals surface area contributed by atoms with Crippen LogP contribution in [0.5, 0.6) is 5.75 Å². The molecule has 5 heteroatoms. The summed E-state index contributed by atoms with van der Waals surface area (Å²) in [5.74, 6) is -0.221. The fraction of sp³-hybridized carbons (Fsp3) is 0.143. The van der Waals surface area contributed by atoms with Crippen molar-refractivity contribution in [1.82, 2.24) is 9.78 Å². The van der Waals surface area contributed by atoms with Gasteiger partial charge in [-0.3, -0.25) is 4.79 Å². The zero-order valence-electron chi connectivity index (χ0n) is 14.8. The van der Waals surface area contributed by atoms with Gasteiger partial charge in [0.2, 0.25) is 0 Å². The van der Waals surface area contributed by atoms with E-state index in [1.807, 2.05) is 26.0 Å². The van der Waals surface area contributed by atoms with E-state index in [-0.39, 0.29) is 17.3 Å². The Hall–Kier alpha value is -3.21. The predicted molar refractivity (Wildman–Crippen MR) is 99.2 cm³/mol. The first kappa shape index (κ1) is 17.6. The number of aromatic hydroxyl groups is 1. The normalized spacial score (nSPS) is 11.2. The lowest BCUT2D eigenvalue weighted by molar-refractivity contribution is 0.104. The topological polar surface area (TPSA) is 55.1 Å². The van der Waals surface area contributed by atoms with Crippen LogP contribution >= 0.6 is 0 Å². The van der Waals surface area contributed by atoms with Crippen molar-refractivity contribution in [3.63, 3.8) is 0 Å². The third kappa shape index (κ3) is 3.42. The molecule has 0 aliphatic heterocycles. The molecule has 3 aromatic rings. The quantitative estimate of drug-likeness (QED) is 0.555. The van der Waals surface area contributed by atoms with Gasteiger partial charge < -0.3 is 5.11 Å². The van der Waals surface area contributed by atoms with Crippen LogP contribution in [-0.4, -0.2) is 20.7 Å². The lowest BCUT2D eigenvalue weighted by Crippen LogP contribution is -2.01. The molecule has 0 atom stereocenters. The molecule has 4 nitrogen and oxygen atoms in total. The summed E-state index contributed by atoms with van der Waals surface area (Å²) in [5.41, 5.74) is 4.23. The molecule has 1 aromatic heterocycles. The van der Waals surface area contributed by atoms with Crippen LogP contribution in [0.3, 0.4) is 0 Å². The highest BCUT2D eigenvalue weighted by Crippen LogP contribution is 2.24. The molecular formula is C21H19FN2O2. The number of benzene rings is 2. The average molecular weight is 350 g/mol. The third-order valence-electron chi connectivity index (χ3n) is 4.29. The van der Waals surface area contributed by atoms with Crippen molar-refractivity contribution in [3.05, 3.63) is 82.4 Å². The minimum Gasteiger partial charge on any atom is -0.507 e. The number of allylic oxidation sites excluding steroid dienone is 1. The van der Waals surface area contributed by atoms with Crippen molar-refractivity contribution in [2.24, 2.45) is 0 Å². The highest BCUT2D eigenvalue weighted by atomic mass is 19.1. The Balaban J connectivity index is 1.86. The predicted octanol–water partition coefficient (Wildman–Crippen LogP) is 4.54. The summed E-state index contributed by atoms with van der Waals surface area (Å²) in [6.45, 7) is 5.43. The molecule has 26 heavy (non-hydrogen) atoms. The number of aromatic nitrogens is 2. The van der Waals surface area contributed by atoms with E-state index in [0.29, 0.717) is 16.9 Å². The molecule has 2 aromatic carbocycles. The van der Waals surface area contributed by atoms with Gasteiger partial charge in [-0.25, -0.2) is 9.07 Å². The van der Waals surface area contributed by atoms with Gasteiger partial charge in [-0.05, 0) is 79.9 Å². The van der Waals surface area contributed by atoms with Crippen LogP contribution in [0.15, 0.2) is 48.7 Å². The molecule has 0 aliphatic rings. The number of phenolic OH excluding ortho intramolecular Hbond substituents is 1. The smallest absolute Gasteiger partial charge is 0.189 e. The van der Waals surface area contributed by atoms with Crippen molar-refractivity contribution >= 4 is 11.9 Å². The maximum absolute atomic E-state index is 13.1. The van der Waals surface area contributed by atoms with Crippen molar-refractivity contribution < 1.29 is 14.3 Å². The minimum absolute atomic E-state index is 0.167. The van der Waals surface area contributed by atoms with E-state index in [1.165, 1.54) is 24.4 Å². The number of hydrogen-bond acceptors (Lipinski definition) is 3. The molecule has 132 valence electrons. The molecule has 1 heterocycles. The SMILES string of the molecule is Cc1cc(/C=C/C(=O)c2cnn(-c3ccc(F)cc3)c2C)cc(C)c1O. The number of ketones is 1. The van der Waals surface area contributed by atoms with E-state index in [9.17, 15) is 14.3 Å². The summed E-state index contributed by atoms with van der Waals surface area (Å²) < 4.78 is 14.7. The maximum Gasteiger partial charge on any atom is 0.189 e. The number of carbonyl (C=O) groups is 1. The molecule has 0 amide bonds. The highest BCUT2D eigenvalue weighted by Gasteiger charge is 2.13. The molecule has 0 saturated carbocycles. The van der Waals surface area contributed by atoms with E-state index in [1.54, 1.807) is 29.8 Å². The Morgan fingerprint density at radius 3 is 2.35 bits per heavy atom. The van der Waals surface area contributed by atoms with Crippen LogP contribution in [0.25, 0.3) is 11.8 Å². The second-order valence-electron chi connectivity index (χ2n) is 6.23. The first-order valence-corrected chi connectivity index (χ1v) is 8.20. The molecule has 0 spiro atoms. The largest absolute Gasteiger partial charge is 0.507 e. The molecule has 0 aliphatic carbocycles. The van der Waals surface area contributed by atoms with E-state index in [0.717, 1.165) is 16.7 Å². The van der Waals surface area contributed by atoms with Gasteiger partial charge in [0.05, 0.1) is 23.1 Å². The number of hydrogen-bond donors (Lipinski definition) is 1. The zero-order valence-corrected chi connectivity index (χ0v) is 14.8. The number of aryl methyl sites for hydroxylation is 2. The zero-order chi connectivity index (χ0) is 18.8. The summed E-state index contributed by atoms with van der Waals surface area (Å²) in [6, 6.07) is 9.57. The summed E-state index contributed by atoms with van der Waals surface area (Å²) in [4.78, 5) is 12.5. The van der Waals surface area contributed by atoms with E-state index in [2.05, 4.69) is 5.10 Å². The Labute approximate surface area is 151 Å². The van der Waals surface area contributed by atoms with Crippen LogP contribution in [0.1, 0.15) is 32.7 Å². The lowest BCUT2D eigenvalue weighted by Gasteiger charge is -2.05. The van der Waals surface area contributed by atoms with Crippen LogP contribution in [0.2, 0.25) is 0 Å². The van der Waals surface area contributed by atoms with Crippen molar-refractivity contribution in [2.75, 3.05) is 0 Å². The van der Waals surface area contributed by atoms with Crippen LogP contribution in [-0.2, 0) is 0 Å². The number of nitrogens with zero attached hydrogens (tertiary/aromatic N) is 2. The van der Waals surface area contributed by atoms with Gasteiger partial charge in [-0.1, -0.05) is 6.08 Å². The summed E-state index contributed by atoms with van der Waals surface area (Å²) in [5, 5.41) is 14.1. The number of rotatable bonds is 4. The lowest BCUT2D eigenvalue weighted by atomic mass is 10.0. The minimum atomic E-state index is -0.322. The van der Waals surface area contributed by atoms with Crippen molar-refractivity contribution in [1.29, 1.82) is 0 Å². The molecule has 3 rings (SSSR count). The average Bonchev–Trinajstić information content (AvgIpc) is 2.99. The van der Waals surface area contributed by atoms with Crippen molar-refractivity contribution in [2.45, 2.75) is 20.8 Å². The van der Waals surface area contributed by atoms with Gasteiger partial charge in [0.15, 0.2) is 5.78 Å². The number of phenols is 1. The second kappa shape index (κ2) is 6.96. The molecule has 0 fully saturated rings. The third-order valence-corrected chi connectivity index (χ3v) is 4.29. The summed E-state index contributed by atoms with van der Waals surface area (Å²) in [7, 11) is 0. The number of carbonyl (C=O) groups excluding carboxylic acids is 1. The van der Waals surface area contributed by atoms with Crippen LogP contribution in [0.4, 0.5) is 4.39 Å². The van der Waals surface area contributed by atoms with Gasteiger partial charge in [0.25, 0.3) is 0 Å². The van der Waals surface area contributed by atoms with Crippen molar-refractivity contribution in [3.8, 4) is 11.4 Å². The van der Waals surface area contributed by atoms with Gasteiger partial charge in [-0.15, -0.1) is 0 Å². The Bertz CT molecular complexity index is 978. The van der Waals surface area contributed by atoms with Gasteiger partial charge >= 0.3 is 0 Å². The van der Waals surface area contributed by atoms with E-state index in [4.69, 9.17) is 0 Å². The Morgan fingerprint density at radius 2 is 1.73 bits per heavy atom. The van der Waals surface area contributed by atoms with Gasteiger partial charge in [-0.2, -0.15) is 5.10 Å². The van der Waals surface area contributed by atoms with E-state index >= 15 is 0 Å². The highest BCUT2D eigenvalue weighted by molar-refractivity contribution is 6.07. The maximum atomic E-state index is 13.1. The standard InChI is InChI=1S/C21H19FN2O2/c1-13-10-16(11-14(2)21(13)26)4-9-20(25)19-12-23-24(15(19)3)18-7-5-17(22)6-8-18/h4-12,26H,1-3H3/b9-4+. The van der Waals surface area contributed by atoms with Gasteiger partial charge in [0.1, 0.15) is 11.6 Å². The fourth-order valence-electron chi connectivity index (χ4n) is 2.84. The first-order chi connectivity index (χ1) is 12.4. The fourth-order valence-corrected chi connectivity index (χ4v) is 2.84. The molecule has 1 N–H and O–H groups in total. The van der Waals surface area contributed by atoms with E-state index < -0.39 is 0 Å². The monoisotopic (exact) mass is 350 g/mol. The molecular weight excluding hydrogens is 331 g/mol.